The fourth-order valence-corrected chi connectivity index (χ4v) is 2.99. The molecule has 1 aromatic carbocycles. The molecule has 0 aromatic heterocycles. The molecule has 0 radical (unpaired) electrons. The standard InChI is InChI=1S/C21H33N3O4/c1-5-9-17(13-12-15(2)3)20(26)24(28)21(27)23-18(19(25)22-4)14-16-10-7-6-8-11-16/h6-8,10-11,15,17-18,28H,5,9,12-14H2,1-4H3,(H,22,25)(H,23,27)/t17-,18-/m0/s1. The molecule has 28 heavy (non-hydrogen) atoms. The van der Waals surface area contributed by atoms with Crippen LogP contribution in [0.2, 0.25) is 0 Å². The summed E-state index contributed by atoms with van der Waals surface area (Å²) in [6.45, 7) is 6.09. The van der Waals surface area contributed by atoms with Gasteiger partial charge in [0.25, 0.3) is 5.91 Å². The first-order valence-corrected chi connectivity index (χ1v) is 9.88. The van der Waals surface area contributed by atoms with Crippen molar-refractivity contribution in [3.8, 4) is 0 Å². The molecule has 0 bridgehead atoms. The van der Waals surface area contributed by atoms with Crippen molar-refractivity contribution < 1.29 is 19.6 Å². The zero-order valence-corrected chi connectivity index (χ0v) is 17.3. The Balaban J connectivity index is 2.81. The second kappa shape index (κ2) is 12.1. The van der Waals surface area contributed by atoms with Gasteiger partial charge in [-0.25, -0.2) is 4.79 Å². The number of benzene rings is 1. The molecular weight excluding hydrogens is 358 g/mol. The number of nitrogens with one attached hydrogen (secondary N) is 2. The molecule has 0 saturated heterocycles. The molecule has 0 aliphatic heterocycles. The Hall–Kier alpha value is -2.41. The summed E-state index contributed by atoms with van der Waals surface area (Å²) in [5, 5.41) is 15.2. The van der Waals surface area contributed by atoms with Crippen LogP contribution in [0.15, 0.2) is 30.3 Å². The van der Waals surface area contributed by atoms with Crippen LogP contribution >= 0.6 is 0 Å². The lowest BCUT2D eigenvalue weighted by molar-refractivity contribution is -0.158. The maximum absolute atomic E-state index is 12.6. The Morgan fingerprint density at radius 2 is 1.71 bits per heavy atom. The summed E-state index contributed by atoms with van der Waals surface area (Å²) < 4.78 is 0. The Kier molecular flexibility index (Phi) is 10.2. The number of nitrogens with zero attached hydrogens (tertiary/aromatic N) is 1. The van der Waals surface area contributed by atoms with Crippen LogP contribution in [0.25, 0.3) is 0 Å². The van der Waals surface area contributed by atoms with Gasteiger partial charge in [0, 0.05) is 19.4 Å². The van der Waals surface area contributed by atoms with E-state index in [2.05, 4.69) is 24.5 Å². The van der Waals surface area contributed by atoms with Gasteiger partial charge in [-0.1, -0.05) is 63.9 Å². The van der Waals surface area contributed by atoms with Gasteiger partial charge in [-0.15, -0.1) is 5.06 Å². The molecule has 1 rings (SSSR count). The number of hydrogen-bond donors (Lipinski definition) is 3. The highest BCUT2D eigenvalue weighted by Crippen LogP contribution is 2.19. The lowest BCUT2D eigenvalue weighted by Crippen LogP contribution is -2.53. The van der Waals surface area contributed by atoms with Crippen LogP contribution in [0, 0.1) is 11.8 Å². The number of urea groups is 1. The van der Waals surface area contributed by atoms with Gasteiger partial charge in [0.2, 0.25) is 5.91 Å². The first-order chi connectivity index (χ1) is 13.3. The largest absolute Gasteiger partial charge is 0.357 e. The van der Waals surface area contributed by atoms with Crippen molar-refractivity contribution in [2.75, 3.05) is 7.05 Å². The van der Waals surface area contributed by atoms with E-state index in [1.165, 1.54) is 7.05 Å². The third-order valence-electron chi connectivity index (χ3n) is 4.62. The van der Waals surface area contributed by atoms with Crippen LogP contribution in [0.1, 0.15) is 52.0 Å². The molecule has 4 amide bonds. The number of hydrogen-bond acceptors (Lipinski definition) is 4. The summed E-state index contributed by atoms with van der Waals surface area (Å²) in [6.07, 6.45) is 3.07. The SMILES string of the molecule is CCC[C@@H](CCC(C)C)C(=O)N(O)C(=O)N[C@@H](Cc1ccccc1)C(=O)NC. The van der Waals surface area contributed by atoms with Crippen LogP contribution < -0.4 is 10.6 Å². The number of imide groups is 1. The van der Waals surface area contributed by atoms with E-state index >= 15 is 0 Å². The summed E-state index contributed by atoms with van der Waals surface area (Å²) >= 11 is 0. The van der Waals surface area contributed by atoms with Crippen molar-refractivity contribution in [2.45, 2.75) is 58.9 Å². The zero-order valence-electron chi connectivity index (χ0n) is 17.3. The predicted octanol–water partition coefficient (Wildman–Crippen LogP) is 3.12. The summed E-state index contributed by atoms with van der Waals surface area (Å²) in [5.41, 5.74) is 0.855. The van der Waals surface area contributed by atoms with Crippen molar-refractivity contribution >= 4 is 17.8 Å². The molecule has 156 valence electrons. The van der Waals surface area contributed by atoms with Gasteiger partial charge in [-0.3, -0.25) is 14.8 Å². The minimum atomic E-state index is -0.986. The molecule has 0 fully saturated rings. The summed E-state index contributed by atoms with van der Waals surface area (Å²) in [4.78, 5) is 37.1. The van der Waals surface area contributed by atoms with Crippen molar-refractivity contribution in [3.63, 3.8) is 0 Å². The molecular formula is C21H33N3O4. The second-order valence-corrected chi connectivity index (χ2v) is 7.41. The summed E-state index contributed by atoms with van der Waals surface area (Å²) in [6, 6.07) is 7.33. The summed E-state index contributed by atoms with van der Waals surface area (Å²) in [7, 11) is 1.47. The van der Waals surface area contributed by atoms with Crippen LogP contribution in [-0.4, -0.2) is 41.2 Å². The number of likely N-dealkylation sites (N-methyl/N-ethyl adjacent to an activating group) is 1. The van der Waals surface area contributed by atoms with E-state index in [-0.39, 0.29) is 11.5 Å². The third-order valence-corrected chi connectivity index (χ3v) is 4.62. The zero-order chi connectivity index (χ0) is 21.1. The van der Waals surface area contributed by atoms with Crippen LogP contribution in [0.4, 0.5) is 4.79 Å². The van der Waals surface area contributed by atoms with Crippen LogP contribution in [-0.2, 0) is 16.0 Å². The lowest BCUT2D eigenvalue weighted by atomic mass is 9.93. The number of carbonyl (C=O) groups excluding carboxylic acids is 3. The van der Waals surface area contributed by atoms with Gasteiger partial charge in [-0.05, 0) is 24.3 Å². The van der Waals surface area contributed by atoms with E-state index in [1.54, 1.807) is 0 Å². The molecule has 1 aromatic rings. The molecule has 0 saturated carbocycles. The lowest BCUT2D eigenvalue weighted by Gasteiger charge is -2.24. The molecule has 3 N–H and O–H groups in total. The molecule has 0 unspecified atom stereocenters. The quantitative estimate of drug-likeness (QED) is 0.421. The third kappa shape index (κ3) is 7.68. The molecule has 0 aliphatic carbocycles. The Morgan fingerprint density at radius 1 is 1.07 bits per heavy atom. The average molecular weight is 392 g/mol. The Morgan fingerprint density at radius 3 is 2.25 bits per heavy atom. The minimum absolute atomic E-state index is 0.127. The van der Waals surface area contributed by atoms with Gasteiger partial charge >= 0.3 is 6.03 Å². The van der Waals surface area contributed by atoms with Crippen molar-refractivity contribution in [1.29, 1.82) is 0 Å². The van der Waals surface area contributed by atoms with E-state index in [4.69, 9.17) is 0 Å². The molecule has 7 heteroatoms. The van der Waals surface area contributed by atoms with E-state index in [0.29, 0.717) is 18.8 Å². The average Bonchev–Trinajstić information content (AvgIpc) is 2.69. The smallest absolute Gasteiger partial charge is 0.349 e. The first kappa shape index (κ1) is 23.6. The topological polar surface area (TPSA) is 98.7 Å². The Labute approximate surface area is 167 Å². The van der Waals surface area contributed by atoms with Crippen molar-refractivity contribution in [3.05, 3.63) is 35.9 Å². The molecule has 7 nitrogen and oxygen atoms in total. The van der Waals surface area contributed by atoms with Gasteiger partial charge in [-0.2, -0.15) is 0 Å². The number of carbonyl (C=O) groups is 3. The molecule has 0 heterocycles. The minimum Gasteiger partial charge on any atom is -0.357 e. The highest BCUT2D eigenvalue weighted by molar-refractivity contribution is 5.96. The van der Waals surface area contributed by atoms with E-state index in [0.717, 1.165) is 18.4 Å². The molecule has 2 atom stereocenters. The number of hydroxylamine groups is 2. The fraction of sp³-hybridized carbons (Fsp3) is 0.571. The van der Waals surface area contributed by atoms with Gasteiger partial charge < -0.3 is 10.6 Å². The van der Waals surface area contributed by atoms with Crippen molar-refractivity contribution in [1.82, 2.24) is 15.7 Å². The maximum Gasteiger partial charge on any atom is 0.349 e. The normalized spacial score (nSPS) is 12.9. The van der Waals surface area contributed by atoms with E-state index < -0.39 is 29.8 Å². The summed E-state index contributed by atoms with van der Waals surface area (Å²) in [5.74, 6) is -1.02. The van der Waals surface area contributed by atoms with Crippen LogP contribution in [0.3, 0.4) is 0 Å². The first-order valence-electron chi connectivity index (χ1n) is 9.88. The monoisotopic (exact) mass is 391 g/mol. The van der Waals surface area contributed by atoms with Gasteiger partial charge in [0.05, 0.1) is 0 Å². The Bertz CT molecular complexity index is 634. The van der Waals surface area contributed by atoms with Gasteiger partial charge in [0.15, 0.2) is 0 Å². The van der Waals surface area contributed by atoms with E-state index in [9.17, 15) is 19.6 Å². The van der Waals surface area contributed by atoms with Crippen molar-refractivity contribution in [2.24, 2.45) is 11.8 Å². The number of rotatable bonds is 10. The van der Waals surface area contributed by atoms with E-state index in [1.807, 2.05) is 37.3 Å². The van der Waals surface area contributed by atoms with Crippen LogP contribution in [0.5, 0.6) is 0 Å². The molecule has 0 spiro atoms. The highest BCUT2D eigenvalue weighted by atomic mass is 16.5. The van der Waals surface area contributed by atoms with Gasteiger partial charge in [0.1, 0.15) is 6.04 Å². The maximum atomic E-state index is 12.6. The highest BCUT2D eigenvalue weighted by Gasteiger charge is 2.30. The second-order valence-electron chi connectivity index (χ2n) is 7.41. The molecule has 0 aliphatic rings. The fourth-order valence-electron chi connectivity index (χ4n) is 2.99. The number of amides is 4. The predicted molar refractivity (Wildman–Crippen MR) is 108 cm³/mol.